The Bertz CT molecular complexity index is 2700. The van der Waals surface area contributed by atoms with E-state index in [1.165, 1.54) is 16.7 Å². The topological polar surface area (TPSA) is 44.8 Å². The number of pyridine rings is 2. The smallest absolute Gasteiger partial charge is 0.435 e. The number of benzene rings is 5. The number of hydrogen-bond acceptors (Lipinski definition) is 2. The molecule has 0 spiro atoms. The molecule has 0 radical (unpaired) electrons. The van der Waals surface area contributed by atoms with E-state index in [4.69, 9.17) is 15.0 Å². The van der Waals surface area contributed by atoms with E-state index in [0.717, 1.165) is 72.7 Å². The molecule has 0 aliphatic heterocycles. The molecule has 0 unspecified atom stereocenters. The van der Waals surface area contributed by atoms with Gasteiger partial charge in [-0.15, -0.1) is 18.2 Å². The van der Waals surface area contributed by atoms with E-state index in [2.05, 4.69) is 153 Å². The Morgan fingerprint density at radius 1 is 0.566 bits per heavy atom. The van der Waals surface area contributed by atoms with Crippen molar-refractivity contribution in [3.8, 4) is 61.8 Å². The summed E-state index contributed by atoms with van der Waals surface area (Å²) in [5, 5.41) is 2.22. The van der Waals surface area contributed by atoms with E-state index >= 15 is 0 Å². The summed E-state index contributed by atoms with van der Waals surface area (Å²) in [6.07, 6.45) is 1.84. The number of aromatic nitrogens is 4. The van der Waals surface area contributed by atoms with Gasteiger partial charge in [-0.1, -0.05) is 183 Å². The molecule has 0 saturated carbocycles. The van der Waals surface area contributed by atoms with Crippen molar-refractivity contribution < 1.29 is 21.1 Å². The molecule has 53 heavy (non-hydrogen) atoms. The average molecular weight is 864 g/mol. The van der Waals surface area contributed by atoms with Crippen LogP contribution in [0.5, 0.6) is 0 Å². The third-order valence-electron chi connectivity index (χ3n) is 9.81. The predicted octanol–water partition coefficient (Wildman–Crippen LogP) is 12.0. The third-order valence-corrected chi connectivity index (χ3v) is 9.81. The van der Waals surface area contributed by atoms with Crippen LogP contribution in [0.25, 0.3) is 83.8 Å². The zero-order valence-corrected chi connectivity index (χ0v) is 32.0. The number of para-hydroxylation sites is 1. The largest absolute Gasteiger partial charge is 2.00 e. The van der Waals surface area contributed by atoms with Crippen molar-refractivity contribution in [3.63, 3.8) is 0 Å². The zero-order chi connectivity index (χ0) is 35.2. The molecule has 9 aromatic rings. The van der Waals surface area contributed by atoms with Gasteiger partial charge in [-0.3, -0.25) is 9.97 Å². The molecule has 258 valence electrons. The molecular weight excluding hydrogens is 828 g/mol. The first kappa shape index (κ1) is 34.3. The monoisotopic (exact) mass is 863 g/mol. The van der Waals surface area contributed by atoms with Gasteiger partial charge in [0.15, 0.2) is 0 Å². The first-order valence-electron chi connectivity index (χ1n) is 17.7. The molecule has 0 atom stereocenters. The van der Waals surface area contributed by atoms with Crippen LogP contribution in [0.2, 0.25) is 0 Å². The van der Waals surface area contributed by atoms with Gasteiger partial charge in [-0.25, -0.2) is 0 Å². The van der Waals surface area contributed by atoms with Gasteiger partial charge in [0.05, 0.1) is 5.65 Å². The fourth-order valence-electron chi connectivity index (χ4n) is 7.11. The molecule has 0 saturated heterocycles. The van der Waals surface area contributed by atoms with Gasteiger partial charge in [0.1, 0.15) is 0 Å². The molecule has 0 amide bonds. The number of hydrogen-bond donors (Lipinski definition) is 0. The van der Waals surface area contributed by atoms with Gasteiger partial charge in [0.25, 0.3) is 0 Å². The van der Waals surface area contributed by atoms with Crippen LogP contribution in [0.1, 0.15) is 26.3 Å². The Morgan fingerprint density at radius 2 is 1.26 bits per heavy atom. The van der Waals surface area contributed by atoms with E-state index in [-0.39, 0.29) is 26.5 Å². The zero-order valence-electron chi connectivity index (χ0n) is 29.7. The van der Waals surface area contributed by atoms with Gasteiger partial charge in [0, 0.05) is 23.0 Å². The van der Waals surface area contributed by atoms with Crippen molar-refractivity contribution in [1.29, 1.82) is 0 Å². The SMILES string of the molecule is CC(C)(C)c1ccc(-c2ccccc2)c(-c2cc(-c3ccccn3)[c-]c(-c3ccc4c5ccccc5n(-c5ccc(-c6ccccc6)[n-]5)c4n3)c2)c1.[Pt+2]. The van der Waals surface area contributed by atoms with Crippen LogP contribution in [0, 0.1) is 6.07 Å². The second kappa shape index (κ2) is 14.0. The number of nitrogens with zero attached hydrogens (tertiary/aromatic N) is 4. The molecule has 5 aromatic carbocycles. The number of rotatable bonds is 6. The van der Waals surface area contributed by atoms with Crippen LogP contribution in [0.15, 0.2) is 164 Å². The van der Waals surface area contributed by atoms with Crippen LogP contribution in [-0.4, -0.2) is 14.5 Å². The summed E-state index contributed by atoms with van der Waals surface area (Å²) in [6.45, 7) is 6.79. The van der Waals surface area contributed by atoms with Crippen molar-refractivity contribution in [2.24, 2.45) is 0 Å². The third kappa shape index (κ3) is 6.45. The van der Waals surface area contributed by atoms with E-state index in [1.807, 2.05) is 42.6 Å². The first-order chi connectivity index (χ1) is 25.4. The van der Waals surface area contributed by atoms with Gasteiger partial charge in [0.2, 0.25) is 0 Å². The molecular formula is C48H36N4Pt. The van der Waals surface area contributed by atoms with Crippen molar-refractivity contribution in [3.05, 3.63) is 176 Å². The van der Waals surface area contributed by atoms with Gasteiger partial charge >= 0.3 is 21.1 Å². The molecule has 0 fully saturated rings. The summed E-state index contributed by atoms with van der Waals surface area (Å²) in [6, 6.07) is 58.9. The summed E-state index contributed by atoms with van der Waals surface area (Å²) in [4.78, 5) is 15.3. The molecule has 0 N–H and O–H groups in total. The molecule has 4 aromatic heterocycles. The van der Waals surface area contributed by atoms with Crippen LogP contribution in [-0.2, 0) is 26.5 Å². The van der Waals surface area contributed by atoms with Crippen molar-refractivity contribution in [2.75, 3.05) is 0 Å². The maximum atomic E-state index is 5.42. The Balaban J connectivity index is 0.00000400. The fourth-order valence-corrected chi connectivity index (χ4v) is 7.11. The standard InChI is InChI=1S/C48H36N4.Pt/c1-48(2,3)37-21-22-38(32-14-6-4-7-15-32)41(31-37)34-28-35(42-19-12-13-27-49-42)30-36(29-34)44-24-23-40-39-18-10-11-20-45(39)52(47(40)51-44)46-26-25-43(50-46)33-16-8-5-9-17-33;/h4-29,31H,1-3H3;/q-2;+2. The van der Waals surface area contributed by atoms with Crippen LogP contribution in [0.3, 0.4) is 0 Å². The Hall–Kier alpha value is -5.83. The normalized spacial score (nSPS) is 11.5. The molecule has 4 nitrogen and oxygen atoms in total. The van der Waals surface area contributed by atoms with E-state index in [0.29, 0.717) is 0 Å². The second-order valence-electron chi connectivity index (χ2n) is 14.3. The molecule has 5 heteroatoms. The van der Waals surface area contributed by atoms with E-state index < -0.39 is 0 Å². The average Bonchev–Trinajstić information content (AvgIpc) is 3.81. The maximum Gasteiger partial charge on any atom is 2.00 e. The minimum absolute atomic E-state index is 0. The van der Waals surface area contributed by atoms with Crippen molar-refractivity contribution >= 4 is 21.9 Å². The summed E-state index contributed by atoms with van der Waals surface area (Å²) in [5.74, 6) is 0.841. The Kier molecular flexibility index (Phi) is 9.02. The second-order valence-corrected chi connectivity index (χ2v) is 14.3. The quantitative estimate of drug-likeness (QED) is 0.156. The summed E-state index contributed by atoms with van der Waals surface area (Å²) in [7, 11) is 0. The number of fused-ring (bicyclic) bond motifs is 3. The van der Waals surface area contributed by atoms with E-state index in [9.17, 15) is 0 Å². The maximum absolute atomic E-state index is 5.42. The predicted molar refractivity (Wildman–Crippen MR) is 214 cm³/mol. The minimum Gasteiger partial charge on any atom is -0.435 e. The summed E-state index contributed by atoms with van der Waals surface area (Å²) in [5.41, 5.74) is 13.3. The van der Waals surface area contributed by atoms with Crippen LogP contribution in [0.4, 0.5) is 0 Å². The van der Waals surface area contributed by atoms with E-state index in [1.54, 1.807) is 0 Å². The van der Waals surface area contributed by atoms with Gasteiger partial charge in [-0.2, -0.15) is 0 Å². The Morgan fingerprint density at radius 3 is 2.00 bits per heavy atom. The molecule has 0 bridgehead atoms. The first-order valence-corrected chi connectivity index (χ1v) is 17.7. The molecule has 0 aliphatic carbocycles. The molecule has 9 rings (SSSR count). The summed E-state index contributed by atoms with van der Waals surface area (Å²) < 4.78 is 2.18. The fraction of sp³-hybridized carbons (Fsp3) is 0.0833. The Labute approximate surface area is 324 Å². The molecule has 0 aliphatic rings. The summed E-state index contributed by atoms with van der Waals surface area (Å²) >= 11 is 0. The van der Waals surface area contributed by atoms with Crippen LogP contribution >= 0.6 is 0 Å². The van der Waals surface area contributed by atoms with Crippen molar-refractivity contribution in [1.82, 2.24) is 19.5 Å². The minimum atomic E-state index is -0.0211. The van der Waals surface area contributed by atoms with Crippen molar-refractivity contribution in [2.45, 2.75) is 26.2 Å². The van der Waals surface area contributed by atoms with Crippen LogP contribution < -0.4 is 4.98 Å². The van der Waals surface area contributed by atoms with Gasteiger partial charge in [-0.05, 0) is 55.9 Å². The molecule has 4 heterocycles. The van der Waals surface area contributed by atoms with Gasteiger partial charge < -0.3 is 9.55 Å².